The van der Waals surface area contributed by atoms with Gasteiger partial charge in [-0.1, -0.05) is 44.2 Å². The molecule has 0 spiro atoms. The lowest BCUT2D eigenvalue weighted by Crippen LogP contribution is -2.07. The Morgan fingerprint density at radius 2 is 1.85 bits per heavy atom. The van der Waals surface area contributed by atoms with Crippen LogP contribution in [0.3, 0.4) is 0 Å². The predicted octanol–water partition coefficient (Wildman–Crippen LogP) is 3.05. The van der Waals surface area contributed by atoms with Gasteiger partial charge in [0.2, 0.25) is 0 Å². The van der Waals surface area contributed by atoms with Crippen molar-refractivity contribution in [1.29, 1.82) is 5.26 Å². The molecule has 102 valence electrons. The number of aryl methyl sites for hydroxylation is 1. The zero-order valence-electron chi connectivity index (χ0n) is 11.8. The minimum absolute atomic E-state index is 0.324. The van der Waals surface area contributed by atoms with Crippen LogP contribution in [-0.2, 0) is 19.4 Å². The summed E-state index contributed by atoms with van der Waals surface area (Å²) >= 11 is 0. The maximum Gasteiger partial charge on any atom is 0.252 e. The molecule has 20 heavy (non-hydrogen) atoms. The van der Waals surface area contributed by atoms with Crippen molar-refractivity contribution >= 4 is 0 Å². The van der Waals surface area contributed by atoms with E-state index in [9.17, 15) is 5.26 Å². The van der Waals surface area contributed by atoms with Crippen LogP contribution in [0.15, 0.2) is 30.3 Å². The molecular weight excluding hydrogens is 250 g/mol. The number of ether oxygens (including phenoxy) is 1. The molecule has 0 unspecified atom stereocenters. The molecule has 0 saturated heterocycles. The number of hydrogen-bond donors (Lipinski definition) is 0. The lowest BCUT2D eigenvalue weighted by Gasteiger charge is -2.11. The maximum atomic E-state index is 9.35. The monoisotopic (exact) mass is 267 g/mol. The van der Waals surface area contributed by atoms with Crippen LogP contribution < -0.4 is 4.74 Å². The summed E-state index contributed by atoms with van der Waals surface area (Å²) in [5.41, 5.74) is 3.36. The fourth-order valence-electron chi connectivity index (χ4n) is 2.10. The summed E-state index contributed by atoms with van der Waals surface area (Å²) in [7, 11) is 0. The minimum atomic E-state index is 0.324. The van der Waals surface area contributed by atoms with E-state index in [-0.39, 0.29) is 0 Å². The summed E-state index contributed by atoms with van der Waals surface area (Å²) in [4.78, 5) is 0. The van der Waals surface area contributed by atoms with Crippen molar-refractivity contribution in [3.05, 3.63) is 52.7 Å². The molecule has 0 bridgehead atoms. The van der Waals surface area contributed by atoms with E-state index in [0.717, 1.165) is 29.7 Å². The van der Waals surface area contributed by atoms with E-state index in [1.54, 1.807) is 0 Å². The lowest BCUT2D eigenvalue weighted by atomic mass is 10.0. The first-order chi connectivity index (χ1) is 9.80. The second-order valence-corrected chi connectivity index (χ2v) is 4.40. The highest BCUT2D eigenvalue weighted by molar-refractivity contribution is 5.46. The third-order valence-electron chi connectivity index (χ3n) is 3.14. The Balaban J connectivity index is 2.26. The molecule has 0 saturated carbocycles. The van der Waals surface area contributed by atoms with Gasteiger partial charge in [-0.3, -0.25) is 0 Å². The summed E-state index contributed by atoms with van der Waals surface area (Å²) in [6, 6.07) is 12.0. The van der Waals surface area contributed by atoms with Crippen LogP contribution in [0.5, 0.6) is 5.88 Å². The summed E-state index contributed by atoms with van der Waals surface area (Å²) in [5.74, 6) is 0.324. The number of benzene rings is 1. The second kappa shape index (κ2) is 6.67. The van der Waals surface area contributed by atoms with E-state index in [1.165, 1.54) is 0 Å². The van der Waals surface area contributed by atoms with E-state index < -0.39 is 0 Å². The van der Waals surface area contributed by atoms with Gasteiger partial charge in [0.05, 0.1) is 5.69 Å². The third kappa shape index (κ3) is 2.94. The Kier molecular flexibility index (Phi) is 4.67. The van der Waals surface area contributed by atoms with Gasteiger partial charge < -0.3 is 4.74 Å². The largest absolute Gasteiger partial charge is 0.471 e. The van der Waals surface area contributed by atoms with Crippen LogP contribution >= 0.6 is 0 Å². The maximum absolute atomic E-state index is 9.35. The number of rotatable bonds is 5. The van der Waals surface area contributed by atoms with Crippen LogP contribution in [0.25, 0.3) is 0 Å². The molecular formula is C16H17N3O. The SMILES string of the molecule is CCc1nnc(OCc2ccccc2)c(C#N)c1CC. The Labute approximate surface area is 119 Å². The van der Waals surface area contributed by atoms with Crippen molar-refractivity contribution in [2.75, 3.05) is 0 Å². The van der Waals surface area contributed by atoms with Crippen LogP contribution in [0.1, 0.15) is 36.2 Å². The number of hydrogen-bond acceptors (Lipinski definition) is 4. The average molecular weight is 267 g/mol. The Hall–Kier alpha value is -2.41. The summed E-state index contributed by atoms with van der Waals surface area (Å²) in [5, 5.41) is 17.6. The van der Waals surface area contributed by atoms with E-state index >= 15 is 0 Å². The molecule has 1 aromatic heterocycles. The first-order valence-electron chi connectivity index (χ1n) is 6.75. The van der Waals surface area contributed by atoms with Crippen LogP contribution in [-0.4, -0.2) is 10.2 Å². The fraction of sp³-hybridized carbons (Fsp3) is 0.312. The highest BCUT2D eigenvalue weighted by Crippen LogP contribution is 2.22. The van der Waals surface area contributed by atoms with Gasteiger partial charge >= 0.3 is 0 Å². The quantitative estimate of drug-likeness (QED) is 0.835. The van der Waals surface area contributed by atoms with Crippen molar-refractivity contribution in [2.45, 2.75) is 33.3 Å². The van der Waals surface area contributed by atoms with Crippen molar-refractivity contribution < 1.29 is 4.74 Å². The van der Waals surface area contributed by atoms with E-state index in [1.807, 2.05) is 44.2 Å². The van der Waals surface area contributed by atoms with E-state index in [2.05, 4.69) is 16.3 Å². The predicted molar refractivity (Wildman–Crippen MR) is 76.3 cm³/mol. The van der Waals surface area contributed by atoms with E-state index in [0.29, 0.717) is 18.1 Å². The van der Waals surface area contributed by atoms with E-state index in [4.69, 9.17) is 4.74 Å². The van der Waals surface area contributed by atoms with Gasteiger partial charge in [0.1, 0.15) is 18.2 Å². The molecule has 4 heteroatoms. The summed E-state index contributed by atoms with van der Waals surface area (Å²) in [6.07, 6.45) is 1.52. The van der Waals surface area contributed by atoms with Gasteiger partial charge in [0, 0.05) is 0 Å². The van der Waals surface area contributed by atoms with Gasteiger partial charge in [-0.05, 0) is 24.0 Å². The van der Waals surface area contributed by atoms with Crippen molar-refractivity contribution in [1.82, 2.24) is 10.2 Å². The van der Waals surface area contributed by atoms with Gasteiger partial charge in [-0.2, -0.15) is 10.4 Å². The standard InChI is InChI=1S/C16H17N3O/c1-3-13-14(10-17)16(19-18-15(13)4-2)20-11-12-8-6-5-7-9-12/h5-9H,3-4,11H2,1-2H3. The van der Waals surface area contributed by atoms with Gasteiger partial charge in [-0.25, -0.2) is 0 Å². The normalized spacial score (nSPS) is 10.1. The minimum Gasteiger partial charge on any atom is -0.471 e. The number of nitriles is 1. The summed E-state index contributed by atoms with van der Waals surface area (Å²) < 4.78 is 5.66. The molecule has 4 nitrogen and oxygen atoms in total. The molecule has 2 rings (SSSR count). The lowest BCUT2D eigenvalue weighted by molar-refractivity contribution is 0.288. The molecule has 0 fully saturated rings. The average Bonchev–Trinajstić information content (AvgIpc) is 2.52. The van der Waals surface area contributed by atoms with Gasteiger partial charge in [0.15, 0.2) is 0 Å². The molecule has 0 aliphatic carbocycles. The van der Waals surface area contributed by atoms with Crippen molar-refractivity contribution in [3.63, 3.8) is 0 Å². The van der Waals surface area contributed by atoms with Crippen LogP contribution in [0.2, 0.25) is 0 Å². The summed E-state index contributed by atoms with van der Waals surface area (Å²) in [6.45, 7) is 4.41. The first kappa shape index (κ1) is 14.0. The Morgan fingerprint density at radius 1 is 1.10 bits per heavy atom. The highest BCUT2D eigenvalue weighted by Gasteiger charge is 2.15. The van der Waals surface area contributed by atoms with Gasteiger partial charge in [0.25, 0.3) is 5.88 Å². The molecule has 0 aliphatic heterocycles. The first-order valence-corrected chi connectivity index (χ1v) is 6.75. The Morgan fingerprint density at radius 3 is 2.45 bits per heavy atom. The smallest absolute Gasteiger partial charge is 0.252 e. The van der Waals surface area contributed by atoms with Crippen molar-refractivity contribution in [2.24, 2.45) is 0 Å². The topological polar surface area (TPSA) is 58.8 Å². The van der Waals surface area contributed by atoms with Crippen LogP contribution in [0.4, 0.5) is 0 Å². The molecule has 0 N–H and O–H groups in total. The van der Waals surface area contributed by atoms with Crippen LogP contribution in [0, 0.1) is 11.3 Å². The Bertz CT molecular complexity index is 618. The fourth-order valence-corrected chi connectivity index (χ4v) is 2.10. The molecule has 1 aromatic carbocycles. The van der Waals surface area contributed by atoms with Gasteiger partial charge in [-0.15, -0.1) is 5.10 Å². The molecule has 0 amide bonds. The zero-order valence-corrected chi connectivity index (χ0v) is 11.8. The van der Waals surface area contributed by atoms with Crippen molar-refractivity contribution in [3.8, 4) is 11.9 Å². The number of aromatic nitrogens is 2. The highest BCUT2D eigenvalue weighted by atomic mass is 16.5. The molecule has 2 aromatic rings. The second-order valence-electron chi connectivity index (χ2n) is 4.40. The third-order valence-corrected chi connectivity index (χ3v) is 3.14. The zero-order chi connectivity index (χ0) is 14.4. The molecule has 0 radical (unpaired) electrons. The number of nitrogens with zero attached hydrogens (tertiary/aromatic N) is 3. The molecule has 0 atom stereocenters. The molecule has 0 aliphatic rings. The molecule has 1 heterocycles.